The van der Waals surface area contributed by atoms with Crippen LogP contribution in [0, 0.1) is 28.8 Å². The van der Waals surface area contributed by atoms with Gasteiger partial charge in [-0.3, -0.25) is 4.90 Å². The largest absolute Gasteiger partial charge is 0.466 e. The van der Waals surface area contributed by atoms with Crippen molar-refractivity contribution in [2.75, 3.05) is 19.1 Å². The van der Waals surface area contributed by atoms with Crippen molar-refractivity contribution >= 4 is 33.6 Å². The second-order valence-corrected chi connectivity index (χ2v) is 7.45. The van der Waals surface area contributed by atoms with Crippen LogP contribution < -0.4 is 10.6 Å². The van der Waals surface area contributed by atoms with Crippen LogP contribution in [0.4, 0.5) is 18.9 Å². The Morgan fingerprint density at radius 2 is 1.70 bits per heavy atom. The Kier molecular flexibility index (Phi) is 6.78. The molecule has 1 atom stereocenters. The van der Waals surface area contributed by atoms with Gasteiger partial charge >= 0.3 is 11.9 Å². The van der Waals surface area contributed by atoms with E-state index in [1.165, 1.54) is 0 Å². The Labute approximate surface area is 194 Å². The lowest BCUT2D eigenvalue weighted by atomic mass is 9.81. The number of nitrogens with zero attached hydrogens (tertiary/aromatic N) is 2. The van der Waals surface area contributed by atoms with Gasteiger partial charge in [-0.25, -0.2) is 22.8 Å². The van der Waals surface area contributed by atoms with Gasteiger partial charge in [-0.05, 0) is 21.5 Å². The number of nitriles is 1. The van der Waals surface area contributed by atoms with Crippen LogP contribution >= 0.6 is 15.9 Å². The molecule has 1 aliphatic heterocycles. The molecule has 2 aromatic carbocycles. The molecular weight excluding hydrogens is 507 g/mol. The normalized spacial score (nSPS) is 15.9. The van der Waals surface area contributed by atoms with Crippen molar-refractivity contribution in [3.63, 3.8) is 0 Å². The zero-order valence-electron chi connectivity index (χ0n) is 17.2. The number of methoxy groups -OCH3 is 2. The molecule has 7 nitrogen and oxygen atoms in total. The van der Waals surface area contributed by atoms with Crippen LogP contribution in [0.2, 0.25) is 0 Å². The predicted octanol–water partition coefficient (Wildman–Crippen LogP) is 3.76. The third kappa shape index (κ3) is 3.93. The van der Waals surface area contributed by atoms with E-state index in [1.807, 2.05) is 6.07 Å². The van der Waals surface area contributed by atoms with E-state index in [0.717, 1.165) is 14.2 Å². The van der Waals surface area contributed by atoms with Gasteiger partial charge in [0.1, 0.15) is 11.5 Å². The summed E-state index contributed by atoms with van der Waals surface area (Å²) in [5.41, 5.74) is 4.56. The number of carbonyl (C=O) groups excluding carboxylic acids is 2. The first-order chi connectivity index (χ1) is 15.7. The highest BCUT2D eigenvalue weighted by molar-refractivity contribution is 9.10. The second kappa shape index (κ2) is 9.38. The number of allylic oxidation sites excluding steroid dienone is 1. The molecule has 0 bridgehead atoms. The van der Waals surface area contributed by atoms with E-state index in [1.54, 1.807) is 30.3 Å². The minimum Gasteiger partial charge on any atom is -0.466 e. The summed E-state index contributed by atoms with van der Waals surface area (Å²) in [7, 11) is 2.04. The minimum atomic E-state index is -1.52. The van der Waals surface area contributed by atoms with Crippen molar-refractivity contribution in [3.8, 4) is 6.07 Å². The number of hydrogen-bond acceptors (Lipinski definition) is 7. The molecule has 0 amide bonds. The van der Waals surface area contributed by atoms with E-state index in [4.69, 9.17) is 15.2 Å². The summed E-state index contributed by atoms with van der Waals surface area (Å²) in [6.07, 6.45) is 0. The maximum absolute atomic E-state index is 15.1. The number of nitrogens with two attached hydrogens (primary N) is 1. The third-order valence-electron chi connectivity index (χ3n) is 4.93. The maximum atomic E-state index is 15.1. The molecule has 1 heterocycles. The molecule has 170 valence electrons. The Bertz CT molecular complexity index is 1260. The van der Waals surface area contributed by atoms with Gasteiger partial charge in [0, 0.05) is 6.07 Å². The van der Waals surface area contributed by atoms with Crippen molar-refractivity contribution < 1.29 is 32.2 Å². The van der Waals surface area contributed by atoms with Gasteiger partial charge in [0.25, 0.3) is 0 Å². The maximum Gasteiger partial charge on any atom is 0.355 e. The van der Waals surface area contributed by atoms with Crippen LogP contribution in [0.25, 0.3) is 0 Å². The fourth-order valence-electron chi connectivity index (χ4n) is 3.49. The molecule has 0 aromatic heterocycles. The lowest BCUT2D eigenvalue weighted by Crippen LogP contribution is -2.41. The number of anilines is 1. The smallest absolute Gasteiger partial charge is 0.355 e. The Morgan fingerprint density at radius 1 is 1.09 bits per heavy atom. The predicted molar refractivity (Wildman–Crippen MR) is 114 cm³/mol. The summed E-state index contributed by atoms with van der Waals surface area (Å²) in [5, 5.41) is 9.89. The van der Waals surface area contributed by atoms with Crippen LogP contribution in [0.3, 0.4) is 0 Å². The van der Waals surface area contributed by atoms with Gasteiger partial charge in [0.2, 0.25) is 0 Å². The highest BCUT2D eigenvalue weighted by Gasteiger charge is 2.44. The molecule has 1 unspecified atom stereocenters. The van der Waals surface area contributed by atoms with Gasteiger partial charge in [-0.15, -0.1) is 0 Å². The fraction of sp³-hybridized carbons (Fsp3) is 0.136. The highest BCUT2D eigenvalue weighted by Crippen LogP contribution is 2.44. The molecule has 33 heavy (non-hydrogen) atoms. The number of esters is 2. The van der Waals surface area contributed by atoms with Gasteiger partial charge in [-0.1, -0.05) is 30.3 Å². The van der Waals surface area contributed by atoms with Crippen molar-refractivity contribution in [3.05, 3.63) is 86.6 Å². The summed E-state index contributed by atoms with van der Waals surface area (Å²) in [4.78, 5) is 26.4. The molecule has 0 saturated carbocycles. The first-order valence-electron chi connectivity index (χ1n) is 9.18. The van der Waals surface area contributed by atoms with E-state index in [0.29, 0.717) is 16.5 Å². The average molecular weight is 522 g/mol. The van der Waals surface area contributed by atoms with Gasteiger partial charge in [-0.2, -0.15) is 5.26 Å². The van der Waals surface area contributed by atoms with E-state index in [9.17, 15) is 23.6 Å². The highest BCUT2D eigenvalue weighted by atomic mass is 79.9. The second-order valence-electron chi connectivity index (χ2n) is 6.65. The fourth-order valence-corrected chi connectivity index (χ4v) is 3.88. The van der Waals surface area contributed by atoms with Crippen LogP contribution in [0.5, 0.6) is 0 Å². The zero-order valence-corrected chi connectivity index (χ0v) is 18.7. The number of hydrogen-bond donors (Lipinski definition) is 1. The zero-order chi connectivity index (χ0) is 24.4. The number of carbonyl (C=O) groups is 2. The van der Waals surface area contributed by atoms with E-state index >= 15 is 4.39 Å². The molecule has 2 N–H and O–H groups in total. The third-order valence-corrected chi connectivity index (χ3v) is 5.63. The number of halogens is 4. The molecule has 3 rings (SSSR count). The number of benzene rings is 2. The van der Waals surface area contributed by atoms with Crippen LogP contribution in [0.1, 0.15) is 11.5 Å². The SMILES string of the molecule is COC(=O)C1=C(C(=O)OC)N(c2cc(F)c(F)c(Br)c2F)C(N)=C(C#N)C1c1ccccc1. The van der Waals surface area contributed by atoms with Crippen LogP contribution in [0.15, 0.2) is 63.5 Å². The number of ether oxygens (including phenoxy) is 2. The van der Waals surface area contributed by atoms with Crippen LogP contribution in [-0.4, -0.2) is 26.2 Å². The van der Waals surface area contributed by atoms with E-state index in [2.05, 4.69) is 15.9 Å². The van der Waals surface area contributed by atoms with Crippen molar-refractivity contribution in [1.29, 1.82) is 5.26 Å². The summed E-state index contributed by atoms with van der Waals surface area (Å²) in [6, 6.07) is 10.4. The van der Waals surface area contributed by atoms with Crippen LogP contribution in [-0.2, 0) is 19.1 Å². The van der Waals surface area contributed by atoms with Gasteiger partial charge in [0.05, 0.1) is 47.5 Å². The average Bonchev–Trinajstić information content (AvgIpc) is 2.83. The summed E-state index contributed by atoms with van der Waals surface area (Å²) in [5.74, 6) is -8.21. The van der Waals surface area contributed by atoms with E-state index in [-0.39, 0.29) is 5.57 Å². The minimum absolute atomic E-state index is 0.255. The number of rotatable bonds is 4. The molecule has 0 radical (unpaired) electrons. The molecule has 0 spiro atoms. The molecule has 0 saturated heterocycles. The quantitative estimate of drug-likeness (QED) is 0.371. The topological polar surface area (TPSA) is 106 Å². The van der Waals surface area contributed by atoms with Gasteiger partial charge < -0.3 is 15.2 Å². The lowest BCUT2D eigenvalue weighted by molar-refractivity contribution is -0.139. The summed E-state index contributed by atoms with van der Waals surface area (Å²) < 4.78 is 51.9. The first-order valence-corrected chi connectivity index (χ1v) is 9.97. The molecular formula is C22H15BrF3N3O4. The lowest BCUT2D eigenvalue weighted by Gasteiger charge is -2.36. The Morgan fingerprint density at radius 3 is 2.24 bits per heavy atom. The molecule has 1 aliphatic rings. The first kappa shape index (κ1) is 23.9. The standard InChI is InChI=1S/C22H15BrF3N3O4/c1-32-21(30)15-14(10-6-4-3-5-7-10)11(9-27)20(28)29(19(15)22(31)33-2)13-8-12(24)17(25)16(23)18(13)26/h3-8,14H,28H2,1-2H3. The molecule has 0 aliphatic carbocycles. The Hall–Kier alpha value is -3.78. The molecule has 2 aromatic rings. The Balaban J connectivity index is 2.49. The molecule has 11 heteroatoms. The van der Waals surface area contributed by atoms with Gasteiger partial charge in [0.15, 0.2) is 17.5 Å². The van der Waals surface area contributed by atoms with Crippen molar-refractivity contribution in [1.82, 2.24) is 0 Å². The summed E-state index contributed by atoms with van der Waals surface area (Å²) in [6.45, 7) is 0. The van der Waals surface area contributed by atoms with E-state index < -0.39 is 62.6 Å². The molecule has 0 fully saturated rings. The monoisotopic (exact) mass is 521 g/mol. The summed E-state index contributed by atoms with van der Waals surface area (Å²) >= 11 is 2.62. The van der Waals surface area contributed by atoms with Crippen molar-refractivity contribution in [2.45, 2.75) is 5.92 Å². The van der Waals surface area contributed by atoms with Crippen molar-refractivity contribution in [2.24, 2.45) is 5.73 Å².